The van der Waals surface area contributed by atoms with Gasteiger partial charge in [-0.05, 0) is 71.0 Å². The van der Waals surface area contributed by atoms with E-state index in [9.17, 15) is 0 Å². The molecule has 1 aliphatic heterocycles. The molecule has 1 heteroatoms. The van der Waals surface area contributed by atoms with E-state index in [4.69, 9.17) is 0 Å². The fourth-order valence-corrected chi connectivity index (χ4v) is 6.38. The number of hydrogen-bond donors (Lipinski definition) is 0. The standard InChI is InChI=1S/C37H39N/c1-26-14-12-16-29(24-26)25-37(6,32-23-22-30-17-8-9-18-31(30)28(32)3)27(2)15-13-21-35-36(4,5)33-19-10-11-20-34(33)38(35)7/h8-24H,2,25H2,1,3-7H3/b15-13+,35-21+. The molecule has 1 heterocycles. The zero-order valence-corrected chi connectivity index (χ0v) is 23.7. The molecule has 0 spiro atoms. The Balaban J connectivity index is 1.55. The molecule has 4 aromatic rings. The molecule has 0 fully saturated rings. The van der Waals surface area contributed by atoms with Gasteiger partial charge >= 0.3 is 0 Å². The molecule has 1 unspecified atom stereocenters. The first-order valence-electron chi connectivity index (χ1n) is 13.6. The van der Waals surface area contributed by atoms with E-state index in [1.807, 2.05) is 0 Å². The van der Waals surface area contributed by atoms with Crippen molar-refractivity contribution in [2.45, 2.75) is 51.9 Å². The lowest BCUT2D eigenvalue weighted by Crippen LogP contribution is -2.28. The number of hydrogen-bond acceptors (Lipinski definition) is 1. The van der Waals surface area contributed by atoms with Crippen molar-refractivity contribution in [3.05, 3.63) is 149 Å². The van der Waals surface area contributed by atoms with Crippen molar-refractivity contribution in [3.63, 3.8) is 0 Å². The lowest BCUT2D eigenvalue weighted by atomic mass is 9.70. The van der Waals surface area contributed by atoms with Crippen LogP contribution in [-0.4, -0.2) is 7.05 Å². The first-order valence-corrected chi connectivity index (χ1v) is 13.6. The third kappa shape index (κ3) is 4.41. The predicted octanol–water partition coefficient (Wildman–Crippen LogP) is 9.38. The van der Waals surface area contributed by atoms with Crippen LogP contribution in [0.5, 0.6) is 0 Å². The molecule has 1 nitrogen and oxygen atoms in total. The summed E-state index contributed by atoms with van der Waals surface area (Å²) >= 11 is 0. The highest BCUT2D eigenvalue weighted by Crippen LogP contribution is 2.46. The van der Waals surface area contributed by atoms with Crippen LogP contribution < -0.4 is 4.90 Å². The van der Waals surface area contributed by atoms with Gasteiger partial charge in [0.05, 0.1) is 0 Å². The number of allylic oxidation sites excluding steroid dienone is 5. The minimum Gasteiger partial charge on any atom is -0.347 e. The predicted molar refractivity (Wildman–Crippen MR) is 165 cm³/mol. The van der Waals surface area contributed by atoms with E-state index in [1.165, 1.54) is 50.0 Å². The van der Waals surface area contributed by atoms with Gasteiger partial charge < -0.3 is 4.90 Å². The van der Waals surface area contributed by atoms with Crippen molar-refractivity contribution in [2.24, 2.45) is 0 Å². The van der Waals surface area contributed by atoms with Gasteiger partial charge in [-0.15, -0.1) is 0 Å². The zero-order chi connectivity index (χ0) is 27.1. The SMILES string of the molecule is C=C(/C=C/C=C1/N(C)c2ccccc2C1(C)C)C(C)(Cc1cccc(C)c1)c1ccc2ccccc2c1C. The van der Waals surface area contributed by atoms with E-state index >= 15 is 0 Å². The highest BCUT2D eigenvalue weighted by atomic mass is 15.2. The Hall–Kier alpha value is -3.84. The average Bonchev–Trinajstić information content (AvgIpc) is 3.09. The lowest BCUT2D eigenvalue weighted by molar-refractivity contribution is 0.565. The molecular formula is C37H39N. The number of nitrogens with zero attached hydrogens (tertiary/aromatic N) is 1. The second-order valence-corrected chi connectivity index (χ2v) is 11.6. The van der Waals surface area contributed by atoms with E-state index in [2.05, 4.69) is 156 Å². The van der Waals surface area contributed by atoms with Crippen molar-refractivity contribution in [1.82, 2.24) is 0 Å². The molecule has 0 aromatic heterocycles. The summed E-state index contributed by atoms with van der Waals surface area (Å²) in [6.07, 6.45) is 7.59. The van der Waals surface area contributed by atoms with E-state index in [0.717, 1.165) is 12.0 Å². The van der Waals surface area contributed by atoms with Crippen molar-refractivity contribution >= 4 is 16.5 Å². The Morgan fingerprint density at radius 2 is 1.66 bits per heavy atom. The van der Waals surface area contributed by atoms with Crippen LogP contribution in [0.4, 0.5) is 5.69 Å². The highest BCUT2D eigenvalue weighted by Gasteiger charge is 2.37. The number of fused-ring (bicyclic) bond motifs is 2. The molecule has 1 aliphatic rings. The van der Waals surface area contributed by atoms with Crippen molar-refractivity contribution < 1.29 is 0 Å². The summed E-state index contributed by atoms with van der Waals surface area (Å²) in [5.74, 6) is 0. The van der Waals surface area contributed by atoms with Crippen molar-refractivity contribution in [3.8, 4) is 0 Å². The highest BCUT2D eigenvalue weighted by molar-refractivity contribution is 5.87. The maximum atomic E-state index is 4.67. The van der Waals surface area contributed by atoms with Gasteiger partial charge in [0.1, 0.15) is 0 Å². The number of aryl methyl sites for hydroxylation is 2. The van der Waals surface area contributed by atoms with Gasteiger partial charge in [0, 0.05) is 29.3 Å². The fourth-order valence-electron chi connectivity index (χ4n) is 6.38. The van der Waals surface area contributed by atoms with Crippen LogP contribution in [0.2, 0.25) is 0 Å². The monoisotopic (exact) mass is 497 g/mol. The van der Waals surface area contributed by atoms with E-state index in [-0.39, 0.29) is 10.8 Å². The Bertz CT molecular complexity index is 1580. The number of para-hydroxylation sites is 1. The zero-order valence-electron chi connectivity index (χ0n) is 23.7. The molecule has 0 saturated heterocycles. The van der Waals surface area contributed by atoms with Crippen LogP contribution in [0.25, 0.3) is 10.8 Å². The van der Waals surface area contributed by atoms with Gasteiger partial charge in [-0.25, -0.2) is 0 Å². The Morgan fingerprint density at radius 3 is 2.42 bits per heavy atom. The second kappa shape index (κ2) is 9.80. The Labute approximate surface area is 228 Å². The number of anilines is 1. The molecule has 0 saturated carbocycles. The molecule has 5 rings (SSSR count). The number of rotatable bonds is 6. The summed E-state index contributed by atoms with van der Waals surface area (Å²) in [6.45, 7) is 16.1. The quantitative estimate of drug-likeness (QED) is 0.240. The molecule has 0 N–H and O–H groups in total. The summed E-state index contributed by atoms with van der Waals surface area (Å²) in [6, 6.07) is 30.9. The van der Waals surface area contributed by atoms with Gasteiger partial charge in [0.2, 0.25) is 0 Å². The van der Waals surface area contributed by atoms with Gasteiger partial charge in [0.15, 0.2) is 0 Å². The topological polar surface area (TPSA) is 3.24 Å². The van der Waals surface area contributed by atoms with Crippen molar-refractivity contribution in [2.75, 3.05) is 11.9 Å². The van der Waals surface area contributed by atoms with E-state index in [1.54, 1.807) is 0 Å². The first kappa shape index (κ1) is 25.8. The van der Waals surface area contributed by atoms with Crippen LogP contribution in [-0.2, 0) is 17.3 Å². The third-order valence-electron chi connectivity index (χ3n) is 8.63. The summed E-state index contributed by atoms with van der Waals surface area (Å²) in [7, 11) is 2.17. The normalized spacial score (nSPS) is 17.2. The van der Waals surface area contributed by atoms with E-state index in [0.29, 0.717) is 0 Å². The smallest absolute Gasteiger partial charge is 0.0447 e. The number of likely N-dealkylation sites (N-methyl/N-ethyl adjacent to an activating group) is 1. The van der Waals surface area contributed by atoms with Gasteiger partial charge in [0.25, 0.3) is 0 Å². The average molecular weight is 498 g/mol. The largest absolute Gasteiger partial charge is 0.347 e. The molecule has 0 aliphatic carbocycles. The summed E-state index contributed by atoms with van der Waals surface area (Å²) in [5.41, 5.74) is 10.1. The number of benzene rings is 4. The minimum absolute atomic E-state index is 0.0448. The summed E-state index contributed by atoms with van der Waals surface area (Å²) in [4.78, 5) is 2.32. The molecule has 192 valence electrons. The fraction of sp³-hybridized carbons (Fsp3) is 0.243. The molecule has 0 radical (unpaired) electrons. The van der Waals surface area contributed by atoms with Crippen LogP contribution in [0.1, 0.15) is 48.6 Å². The summed E-state index contributed by atoms with van der Waals surface area (Å²) < 4.78 is 0. The van der Waals surface area contributed by atoms with Crippen LogP contribution in [0.3, 0.4) is 0 Å². The Kier molecular flexibility index (Phi) is 6.65. The van der Waals surface area contributed by atoms with Crippen molar-refractivity contribution in [1.29, 1.82) is 0 Å². The molecule has 1 atom stereocenters. The molecule has 38 heavy (non-hydrogen) atoms. The van der Waals surface area contributed by atoms with Crippen LogP contribution in [0.15, 0.2) is 121 Å². The molecule has 0 amide bonds. The minimum atomic E-state index is -0.253. The van der Waals surface area contributed by atoms with Gasteiger partial charge in [-0.1, -0.05) is 124 Å². The summed E-state index contributed by atoms with van der Waals surface area (Å²) in [5, 5.41) is 2.59. The lowest BCUT2D eigenvalue weighted by Gasteiger charge is -2.34. The van der Waals surface area contributed by atoms with Gasteiger partial charge in [-0.3, -0.25) is 0 Å². The molecule has 4 aromatic carbocycles. The maximum Gasteiger partial charge on any atom is 0.0447 e. The van der Waals surface area contributed by atoms with Crippen LogP contribution in [0, 0.1) is 13.8 Å². The second-order valence-electron chi connectivity index (χ2n) is 11.6. The van der Waals surface area contributed by atoms with E-state index < -0.39 is 0 Å². The molecular weight excluding hydrogens is 458 g/mol. The Morgan fingerprint density at radius 1 is 0.921 bits per heavy atom. The van der Waals surface area contributed by atoms with Gasteiger partial charge in [-0.2, -0.15) is 0 Å². The van der Waals surface area contributed by atoms with Crippen LogP contribution >= 0.6 is 0 Å². The first-order chi connectivity index (χ1) is 18.1. The molecule has 0 bridgehead atoms. The third-order valence-corrected chi connectivity index (χ3v) is 8.63. The maximum absolute atomic E-state index is 4.67.